The monoisotopic (exact) mass is 504 g/mol. The van der Waals surface area contributed by atoms with Crippen molar-refractivity contribution >= 4 is 46.7 Å². The molecule has 1 N–H and O–H groups in total. The van der Waals surface area contributed by atoms with E-state index in [2.05, 4.69) is 5.32 Å². The molecule has 36 heavy (non-hydrogen) atoms. The highest BCUT2D eigenvalue weighted by Crippen LogP contribution is 2.32. The van der Waals surface area contributed by atoms with Crippen molar-refractivity contribution in [2.75, 3.05) is 16.8 Å². The fraction of sp³-hybridized carbons (Fsp3) is 0.111. The van der Waals surface area contributed by atoms with Crippen molar-refractivity contribution in [3.63, 3.8) is 0 Å². The molecular weight excluding hydrogens is 484 g/mol. The van der Waals surface area contributed by atoms with Gasteiger partial charge >= 0.3 is 11.9 Å². The van der Waals surface area contributed by atoms with Gasteiger partial charge in [0.15, 0.2) is 0 Å². The molecule has 3 aromatic rings. The van der Waals surface area contributed by atoms with Crippen LogP contribution in [0.3, 0.4) is 0 Å². The van der Waals surface area contributed by atoms with Crippen LogP contribution in [0.5, 0.6) is 5.75 Å². The van der Waals surface area contributed by atoms with E-state index in [1.807, 2.05) is 19.1 Å². The Morgan fingerprint density at radius 1 is 0.889 bits per heavy atom. The van der Waals surface area contributed by atoms with E-state index in [9.17, 15) is 19.2 Å². The molecule has 0 radical (unpaired) electrons. The number of hydrogen-bond donors (Lipinski definition) is 1. The SMILES string of the molecule is CCOC(=O)c1ccccc1N1C(=O)C(Cl)=C(Nc2ccc(C(=O)Oc3ccc(C)cc3)cc2)C1=O. The number of carbonyl (C=O) groups is 4. The molecule has 3 aromatic carbocycles. The number of aryl methyl sites for hydroxylation is 1. The number of anilines is 2. The lowest BCUT2D eigenvalue weighted by Gasteiger charge is -2.18. The van der Waals surface area contributed by atoms with Crippen LogP contribution in [0.4, 0.5) is 11.4 Å². The summed E-state index contributed by atoms with van der Waals surface area (Å²) < 4.78 is 10.4. The van der Waals surface area contributed by atoms with E-state index >= 15 is 0 Å². The predicted molar refractivity (Wildman–Crippen MR) is 134 cm³/mol. The molecule has 182 valence electrons. The second kappa shape index (κ2) is 10.5. The molecule has 4 rings (SSSR count). The van der Waals surface area contributed by atoms with Crippen molar-refractivity contribution in [1.29, 1.82) is 0 Å². The summed E-state index contributed by atoms with van der Waals surface area (Å²) in [6.07, 6.45) is 0. The molecule has 2 amide bonds. The first kappa shape index (κ1) is 24.7. The second-order valence-corrected chi connectivity index (χ2v) is 8.16. The van der Waals surface area contributed by atoms with Gasteiger partial charge < -0.3 is 14.8 Å². The number of benzene rings is 3. The molecule has 0 fully saturated rings. The van der Waals surface area contributed by atoms with Crippen molar-refractivity contribution in [3.05, 3.63) is 100 Å². The Morgan fingerprint density at radius 3 is 2.22 bits per heavy atom. The normalized spacial score (nSPS) is 13.1. The lowest BCUT2D eigenvalue weighted by Crippen LogP contribution is -2.33. The van der Waals surface area contributed by atoms with Gasteiger partial charge in [-0.15, -0.1) is 0 Å². The second-order valence-electron chi connectivity index (χ2n) is 7.78. The molecule has 0 atom stereocenters. The number of imide groups is 1. The molecule has 0 saturated carbocycles. The first-order valence-electron chi connectivity index (χ1n) is 11.0. The number of nitrogens with zero attached hydrogens (tertiary/aromatic N) is 1. The summed E-state index contributed by atoms with van der Waals surface area (Å²) in [5.74, 6) is -2.30. The van der Waals surface area contributed by atoms with Crippen LogP contribution in [0.25, 0.3) is 0 Å². The predicted octanol–water partition coefficient (Wildman–Crippen LogP) is 4.83. The minimum absolute atomic E-state index is 0.0585. The van der Waals surface area contributed by atoms with E-state index < -0.39 is 23.8 Å². The maximum Gasteiger partial charge on any atom is 0.343 e. The Kier molecular flexibility index (Phi) is 7.17. The third kappa shape index (κ3) is 4.99. The summed E-state index contributed by atoms with van der Waals surface area (Å²) in [5.41, 5.74) is 1.71. The van der Waals surface area contributed by atoms with Crippen LogP contribution in [0.15, 0.2) is 83.5 Å². The number of amides is 2. The zero-order valence-electron chi connectivity index (χ0n) is 19.4. The number of rotatable bonds is 7. The Balaban J connectivity index is 1.51. The highest BCUT2D eigenvalue weighted by molar-refractivity contribution is 6.53. The van der Waals surface area contributed by atoms with Gasteiger partial charge in [0, 0.05) is 5.69 Å². The standard InChI is InChI=1S/C27H21ClN2O6/c1-3-35-27(34)20-6-4-5-7-21(20)30-24(31)22(28)23(25(30)32)29-18-12-10-17(11-13-18)26(33)36-19-14-8-16(2)9-15-19/h4-15,29H,3H2,1-2H3. The minimum atomic E-state index is -0.779. The maximum absolute atomic E-state index is 13.1. The topological polar surface area (TPSA) is 102 Å². The summed E-state index contributed by atoms with van der Waals surface area (Å²) in [5, 5.41) is 2.50. The molecule has 1 heterocycles. The zero-order chi connectivity index (χ0) is 25.8. The number of nitrogens with one attached hydrogen (secondary N) is 1. The van der Waals surface area contributed by atoms with Crippen LogP contribution in [-0.4, -0.2) is 30.4 Å². The Morgan fingerprint density at radius 2 is 1.56 bits per heavy atom. The lowest BCUT2D eigenvalue weighted by molar-refractivity contribution is -0.120. The number of esters is 2. The molecule has 1 aliphatic heterocycles. The molecule has 0 aliphatic carbocycles. The van der Waals surface area contributed by atoms with Crippen molar-refractivity contribution in [2.45, 2.75) is 13.8 Å². The summed E-state index contributed by atoms with van der Waals surface area (Å²) in [6.45, 7) is 3.72. The van der Waals surface area contributed by atoms with Crippen LogP contribution in [0.2, 0.25) is 0 Å². The molecule has 8 nitrogen and oxygen atoms in total. The Bertz CT molecular complexity index is 1380. The van der Waals surface area contributed by atoms with Crippen LogP contribution in [0, 0.1) is 6.92 Å². The van der Waals surface area contributed by atoms with E-state index in [1.54, 1.807) is 43.3 Å². The minimum Gasteiger partial charge on any atom is -0.462 e. The number of ether oxygens (including phenoxy) is 2. The number of halogens is 1. The van der Waals surface area contributed by atoms with E-state index in [0.29, 0.717) is 17.0 Å². The van der Waals surface area contributed by atoms with Gasteiger partial charge in [-0.3, -0.25) is 9.59 Å². The molecule has 0 bridgehead atoms. The van der Waals surface area contributed by atoms with Gasteiger partial charge in [0.05, 0.1) is 23.4 Å². The van der Waals surface area contributed by atoms with Gasteiger partial charge in [-0.05, 0) is 62.4 Å². The van der Waals surface area contributed by atoms with Crippen molar-refractivity contribution in [2.24, 2.45) is 0 Å². The first-order chi connectivity index (χ1) is 17.3. The van der Waals surface area contributed by atoms with Crippen LogP contribution >= 0.6 is 11.6 Å². The van der Waals surface area contributed by atoms with Crippen LogP contribution in [-0.2, 0) is 14.3 Å². The lowest BCUT2D eigenvalue weighted by atomic mass is 10.1. The molecular formula is C27H21ClN2O6. The number of carbonyl (C=O) groups excluding carboxylic acids is 4. The van der Waals surface area contributed by atoms with Crippen molar-refractivity contribution in [1.82, 2.24) is 0 Å². The van der Waals surface area contributed by atoms with E-state index in [1.165, 1.54) is 24.3 Å². The van der Waals surface area contributed by atoms with Gasteiger partial charge in [0.2, 0.25) is 0 Å². The third-order valence-electron chi connectivity index (χ3n) is 5.29. The zero-order valence-corrected chi connectivity index (χ0v) is 20.2. The van der Waals surface area contributed by atoms with E-state index in [4.69, 9.17) is 21.1 Å². The maximum atomic E-state index is 13.1. The molecule has 0 saturated heterocycles. The first-order valence-corrected chi connectivity index (χ1v) is 11.4. The molecule has 0 spiro atoms. The van der Waals surface area contributed by atoms with Crippen molar-refractivity contribution < 1.29 is 28.7 Å². The highest BCUT2D eigenvalue weighted by atomic mass is 35.5. The highest BCUT2D eigenvalue weighted by Gasteiger charge is 2.40. The quantitative estimate of drug-likeness (QED) is 0.279. The third-order valence-corrected chi connectivity index (χ3v) is 5.64. The number of hydrogen-bond acceptors (Lipinski definition) is 7. The smallest absolute Gasteiger partial charge is 0.343 e. The van der Waals surface area contributed by atoms with Crippen LogP contribution < -0.4 is 15.0 Å². The summed E-state index contributed by atoms with van der Waals surface area (Å²) >= 11 is 6.21. The average molecular weight is 505 g/mol. The van der Waals surface area contributed by atoms with Gasteiger partial charge in [0.25, 0.3) is 11.8 Å². The summed E-state index contributed by atoms with van der Waals surface area (Å²) in [7, 11) is 0. The van der Waals surface area contributed by atoms with Crippen LogP contribution in [0.1, 0.15) is 33.2 Å². The largest absolute Gasteiger partial charge is 0.462 e. The fourth-order valence-electron chi connectivity index (χ4n) is 3.49. The molecule has 1 aliphatic rings. The average Bonchev–Trinajstić information content (AvgIpc) is 3.08. The molecule has 9 heteroatoms. The molecule has 0 aromatic heterocycles. The van der Waals surface area contributed by atoms with E-state index in [-0.39, 0.29) is 28.6 Å². The Hall–Kier alpha value is -4.43. The number of para-hydroxylation sites is 1. The summed E-state index contributed by atoms with van der Waals surface area (Å²) in [6, 6.07) is 19.3. The van der Waals surface area contributed by atoms with Gasteiger partial charge in [0.1, 0.15) is 16.5 Å². The summed E-state index contributed by atoms with van der Waals surface area (Å²) in [4.78, 5) is 51.6. The Labute approximate surface area is 212 Å². The van der Waals surface area contributed by atoms with Crippen molar-refractivity contribution in [3.8, 4) is 5.75 Å². The fourth-order valence-corrected chi connectivity index (χ4v) is 3.70. The molecule has 0 unspecified atom stereocenters. The van der Waals surface area contributed by atoms with Gasteiger partial charge in [-0.25, -0.2) is 14.5 Å². The van der Waals surface area contributed by atoms with Gasteiger partial charge in [-0.2, -0.15) is 0 Å². The van der Waals surface area contributed by atoms with E-state index in [0.717, 1.165) is 10.5 Å². The van der Waals surface area contributed by atoms with Gasteiger partial charge in [-0.1, -0.05) is 41.4 Å².